The molecule has 0 aliphatic carbocycles. The molecular weight excluding hydrogens is 166 g/mol. The van der Waals surface area contributed by atoms with Gasteiger partial charge in [-0.1, -0.05) is 12.1 Å². The molecule has 0 bridgehead atoms. The molecule has 1 unspecified atom stereocenters. The summed E-state index contributed by atoms with van der Waals surface area (Å²) in [6, 6.07) is 6.98. The second-order valence-corrected chi connectivity index (χ2v) is 2.86. The second kappa shape index (κ2) is 4.84. The number of hydrogen-bond donors (Lipinski definition) is 2. The fourth-order valence-electron chi connectivity index (χ4n) is 1.14. The molecule has 0 aliphatic heterocycles. The summed E-state index contributed by atoms with van der Waals surface area (Å²) in [6.45, 7) is 2.54. The molecule has 3 nitrogen and oxygen atoms in total. The van der Waals surface area contributed by atoms with Crippen LogP contribution in [0.5, 0.6) is 5.75 Å². The summed E-state index contributed by atoms with van der Waals surface area (Å²) in [5, 5.41) is 9.03. The first kappa shape index (κ1) is 10.0. The molecule has 1 aromatic carbocycles. The lowest BCUT2D eigenvalue weighted by molar-refractivity contribution is 0.0681. The Hall–Kier alpha value is -1.06. The van der Waals surface area contributed by atoms with Gasteiger partial charge in [0, 0.05) is 13.0 Å². The Morgan fingerprint density at radius 2 is 2.00 bits per heavy atom. The van der Waals surface area contributed by atoms with Crippen molar-refractivity contribution in [3.8, 4) is 5.75 Å². The van der Waals surface area contributed by atoms with Gasteiger partial charge in [0.25, 0.3) is 0 Å². The number of nitrogens with two attached hydrogens (primary N) is 1. The van der Waals surface area contributed by atoms with Crippen molar-refractivity contribution in [2.24, 2.45) is 5.73 Å². The fourth-order valence-corrected chi connectivity index (χ4v) is 1.14. The van der Waals surface area contributed by atoms with Crippen LogP contribution in [0.2, 0.25) is 0 Å². The van der Waals surface area contributed by atoms with E-state index >= 15 is 0 Å². The summed E-state index contributed by atoms with van der Waals surface area (Å²) in [5.41, 5.74) is 6.74. The van der Waals surface area contributed by atoms with Gasteiger partial charge >= 0.3 is 0 Å². The van der Waals surface area contributed by atoms with Crippen LogP contribution in [-0.2, 0) is 11.2 Å². The molecule has 0 radical (unpaired) electrons. The number of aromatic hydroxyl groups is 1. The highest BCUT2D eigenvalue weighted by Gasteiger charge is 2.02. The highest BCUT2D eigenvalue weighted by atomic mass is 16.5. The van der Waals surface area contributed by atoms with E-state index in [0.717, 1.165) is 5.56 Å². The van der Waals surface area contributed by atoms with Crippen molar-refractivity contribution in [3.63, 3.8) is 0 Å². The van der Waals surface area contributed by atoms with E-state index in [0.29, 0.717) is 13.0 Å². The SMILES string of the molecule is CCOC(N)Cc1ccc(O)cc1. The van der Waals surface area contributed by atoms with Crippen molar-refractivity contribution >= 4 is 0 Å². The van der Waals surface area contributed by atoms with Gasteiger partial charge in [-0.15, -0.1) is 0 Å². The molecule has 0 saturated heterocycles. The van der Waals surface area contributed by atoms with Crippen LogP contribution < -0.4 is 5.73 Å². The van der Waals surface area contributed by atoms with E-state index in [1.807, 2.05) is 19.1 Å². The minimum atomic E-state index is -0.255. The van der Waals surface area contributed by atoms with Gasteiger partial charge in [0.1, 0.15) is 12.0 Å². The molecule has 0 aliphatic rings. The summed E-state index contributed by atoms with van der Waals surface area (Å²) >= 11 is 0. The summed E-state index contributed by atoms with van der Waals surface area (Å²) in [6.07, 6.45) is 0.420. The first-order valence-electron chi connectivity index (χ1n) is 4.37. The molecule has 0 saturated carbocycles. The predicted octanol–water partition coefficient (Wildman–Crippen LogP) is 1.26. The third-order valence-electron chi connectivity index (χ3n) is 1.75. The first-order valence-corrected chi connectivity index (χ1v) is 4.37. The maximum absolute atomic E-state index is 9.03. The van der Waals surface area contributed by atoms with Crippen LogP contribution in [-0.4, -0.2) is 17.9 Å². The van der Waals surface area contributed by atoms with Crippen LogP contribution in [0.15, 0.2) is 24.3 Å². The van der Waals surface area contributed by atoms with E-state index in [4.69, 9.17) is 15.6 Å². The Balaban J connectivity index is 2.49. The van der Waals surface area contributed by atoms with E-state index in [1.54, 1.807) is 12.1 Å². The third-order valence-corrected chi connectivity index (χ3v) is 1.75. The number of phenols is 1. The van der Waals surface area contributed by atoms with Gasteiger partial charge in [-0.3, -0.25) is 0 Å². The van der Waals surface area contributed by atoms with Gasteiger partial charge < -0.3 is 15.6 Å². The lowest BCUT2D eigenvalue weighted by atomic mass is 10.1. The van der Waals surface area contributed by atoms with Gasteiger partial charge in [0.15, 0.2) is 0 Å². The van der Waals surface area contributed by atoms with Crippen LogP contribution in [0.4, 0.5) is 0 Å². The molecule has 1 atom stereocenters. The number of rotatable bonds is 4. The molecule has 3 N–H and O–H groups in total. The molecule has 0 fully saturated rings. The molecule has 0 spiro atoms. The lowest BCUT2D eigenvalue weighted by Crippen LogP contribution is -2.26. The monoisotopic (exact) mass is 181 g/mol. The zero-order valence-corrected chi connectivity index (χ0v) is 7.73. The van der Waals surface area contributed by atoms with E-state index in [9.17, 15) is 0 Å². The molecule has 13 heavy (non-hydrogen) atoms. The van der Waals surface area contributed by atoms with Crippen LogP contribution in [0.25, 0.3) is 0 Å². The lowest BCUT2D eigenvalue weighted by Gasteiger charge is -2.11. The van der Waals surface area contributed by atoms with E-state index in [1.165, 1.54) is 0 Å². The van der Waals surface area contributed by atoms with Crippen molar-refractivity contribution in [3.05, 3.63) is 29.8 Å². The van der Waals surface area contributed by atoms with Gasteiger partial charge in [0.2, 0.25) is 0 Å². The zero-order valence-electron chi connectivity index (χ0n) is 7.73. The Morgan fingerprint density at radius 1 is 1.38 bits per heavy atom. The highest BCUT2D eigenvalue weighted by molar-refractivity contribution is 5.26. The van der Waals surface area contributed by atoms with Crippen LogP contribution >= 0.6 is 0 Å². The van der Waals surface area contributed by atoms with E-state index in [2.05, 4.69) is 0 Å². The summed E-state index contributed by atoms with van der Waals surface area (Å²) < 4.78 is 5.19. The minimum absolute atomic E-state index is 0.255. The van der Waals surface area contributed by atoms with E-state index in [-0.39, 0.29) is 12.0 Å². The largest absolute Gasteiger partial charge is 0.508 e. The van der Waals surface area contributed by atoms with Crippen molar-refractivity contribution in [1.29, 1.82) is 0 Å². The molecular formula is C10H15NO2. The van der Waals surface area contributed by atoms with Crippen molar-refractivity contribution in [2.75, 3.05) is 6.61 Å². The normalized spacial score (nSPS) is 12.8. The summed E-state index contributed by atoms with van der Waals surface area (Å²) in [5.74, 6) is 0.272. The highest BCUT2D eigenvalue weighted by Crippen LogP contribution is 2.10. The quantitative estimate of drug-likeness (QED) is 0.687. The van der Waals surface area contributed by atoms with Crippen molar-refractivity contribution in [2.45, 2.75) is 19.6 Å². The number of benzene rings is 1. The van der Waals surface area contributed by atoms with Crippen molar-refractivity contribution < 1.29 is 9.84 Å². The molecule has 0 aromatic heterocycles. The molecule has 1 aromatic rings. The zero-order chi connectivity index (χ0) is 9.68. The molecule has 0 heterocycles. The fraction of sp³-hybridized carbons (Fsp3) is 0.400. The smallest absolute Gasteiger partial charge is 0.115 e. The van der Waals surface area contributed by atoms with Gasteiger partial charge in [-0.05, 0) is 24.6 Å². The standard InChI is InChI=1S/C10H15NO2/c1-2-13-10(11)7-8-3-5-9(12)6-4-8/h3-6,10,12H,2,7,11H2,1H3. The van der Waals surface area contributed by atoms with Crippen LogP contribution in [0, 0.1) is 0 Å². The van der Waals surface area contributed by atoms with Gasteiger partial charge in [-0.25, -0.2) is 0 Å². The molecule has 72 valence electrons. The minimum Gasteiger partial charge on any atom is -0.508 e. The number of phenolic OH excluding ortho intramolecular Hbond substituents is 1. The average molecular weight is 181 g/mol. The molecule has 0 amide bonds. The molecule has 1 rings (SSSR count). The Morgan fingerprint density at radius 3 is 2.54 bits per heavy atom. The second-order valence-electron chi connectivity index (χ2n) is 2.86. The first-order chi connectivity index (χ1) is 6.22. The average Bonchev–Trinajstić information content (AvgIpc) is 2.09. The van der Waals surface area contributed by atoms with E-state index < -0.39 is 0 Å². The van der Waals surface area contributed by atoms with Crippen molar-refractivity contribution in [1.82, 2.24) is 0 Å². The topological polar surface area (TPSA) is 55.5 Å². The third kappa shape index (κ3) is 3.44. The van der Waals surface area contributed by atoms with Crippen LogP contribution in [0.3, 0.4) is 0 Å². The number of hydrogen-bond acceptors (Lipinski definition) is 3. The number of ether oxygens (including phenoxy) is 1. The Bertz CT molecular complexity index is 246. The Kier molecular flexibility index (Phi) is 3.73. The van der Waals surface area contributed by atoms with Gasteiger partial charge in [0.05, 0.1) is 0 Å². The Labute approximate surface area is 78.1 Å². The summed E-state index contributed by atoms with van der Waals surface area (Å²) in [7, 11) is 0. The summed E-state index contributed by atoms with van der Waals surface area (Å²) in [4.78, 5) is 0. The molecule has 3 heteroatoms. The maximum Gasteiger partial charge on any atom is 0.115 e. The van der Waals surface area contributed by atoms with Crippen LogP contribution in [0.1, 0.15) is 12.5 Å². The van der Waals surface area contributed by atoms with Gasteiger partial charge in [-0.2, -0.15) is 0 Å². The predicted molar refractivity (Wildman–Crippen MR) is 51.4 cm³/mol. The maximum atomic E-state index is 9.03.